The minimum absolute atomic E-state index is 0.00689. The molecule has 0 aromatic rings. The lowest BCUT2D eigenvalue weighted by atomic mass is 9.83. The van der Waals surface area contributed by atoms with E-state index < -0.39 is 36.0 Å². The van der Waals surface area contributed by atoms with Crippen LogP contribution in [0.1, 0.15) is 65.7 Å². The van der Waals surface area contributed by atoms with E-state index in [2.05, 4.69) is 0 Å². The third-order valence-corrected chi connectivity index (χ3v) is 3.82. The minimum atomic E-state index is -6.02. The van der Waals surface area contributed by atoms with Gasteiger partial charge >= 0.3 is 12.4 Å². The van der Waals surface area contributed by atoms with E-state index in [9.17, 15) is 35.1 Å². The molecule has 0 aliphatic rings. The summed E-state index contributed by atoms with van der Waals surface area (Å²) in [6.45, 7) is 4.29. The van der Waals surface area contributed by atoms with Crippen LogP contribution in [0.4, 0.5) is 35.1 Å². The molecule has 0 heterocycles. The summed E-state index contributed by atoms with van der Waals surface area (Å²) in [6.07, 6.45) is -12.6. The molecule has 23 heavy (non-hydrogen) atoms. The second-order valence-corrected chi connectivity index (χ2v) is 6.62. The first-order valence-electron chi connectivity index (χ1n) is 7.65. The molecule has 0 amide bonds. The van der Waals surface area contributed by atoms with Gasteiger partial charge in [0.05, 0.1) is 0 Å². The van der Waals surface area contributed by atoms with Crippen LogP contribution in [0.15, 0.2) is 0 Å². The molecular weight excluding hydrogens is 332 g/mol. The fourth-order valence-corrected chi connectivity index (χ4v) is 2.44. The average Bonchev–Trinajstić information content (AvgIpc) is 2.31. The van der Waals surface area contributed by atoms with Crippen molar-refractivity contribution in [2.45, 2.75) is 89.4 Å². The summed E-state index contributed by atoms with van der Waals surface area (Å²) in [5, 5.41) is 0. The molecule has 0 aliphatic heterocycles. The van der Waals surface area contributed by atoms with Crippen molar-refractivity contribution in [3.8, 4) is 0 Å². The molecule has 0 aromatic heterocycles. The third kappa shape index (κ3) is 7.25. The Hall–Kier alpha value is -0.560. The first-order valence-corrected chi connectivity index (χ1v) is 7.65. The number of hydrogen-bond acceptors (Lipinski definition) is 0. The van der Waals surface area contributed by atoms with E-state index in [-0.39, 0.29) is 25.7 Å². The number of unbranched alkanes of at least 4 members (excludes halogenated alkanes) is 1. The van der Waals surface area contributed by atoms with E-state index in [0.717, 1.165) is 0 Å². The summed E-state index contributed by atoms with van der Waals surface area (Å²) in [5.74, 6) is -1.09. The van der Waals surface area contributed by atoms with Crippen molar-refractivity contribution in [3.05, 3.63) is 0 Å². The molecule has 0 N–H and O–H groups in total. The Morgan fingerprint density at radius 3 is 1.52 bits per heavy atom. The van der Waals surface area contributed by atoms with Gasteiger partial charge in [0.1, 0.15) is 5.67 Å². The summed E-state index contributed by atoms with van der Waals surface area (Å²) in [7, 11) is 0. The Labute approximate surface area is 131 Å². The Morgan fingerprint density at radius 1 is 0.739 bits per heavy atom. The van der Waals surface area contributed by atoms with Gasteiger partial charge in [-0.3, -0.25) is 0 Å². The number of halogens is 8. The van der Waals surface area contributed by atoms with E-state index in [1.54, 1.807) is 6.92 Å². The molecule has 1 unspecified atom stereocenters. The Balaban J connectivity index is 5.09. The van der Waals surface area contributed by atoms with Crippen molar-refractivity contribution in [3.63, 3.8) is 0 Å². The van der Waals surface area contributed by atoms with Crippen LogP contribution in [-0.2, 0) is 0 Å². The summed E-state index contributed by atoms with van der Waals surface area (Å²) >= 11 is 0. The van der Waals surface area contributed by atoms with Crippen LogP contribution < -0.4 is 0 Å². The molecule has 0 fully saturated rings. The molecule has 0 aromatic carbocycles. The molecular formula is C15H24F8. The molecule has 0 bridgehead atoms. The van der Waals surface area contributed by atoms with Gasteiger partial charge < -0.3 is 0 Å². The van der Waals surface area contributed by atoms with Gasteiger partial charge in [-0.05, 0) is 26.2 Å². The lowest BCUT2D eigenvalue weighted by Gasteiger charge is -2.33. The molecule has 0 saturated carbocycles. The molecule has 8 heteroatoms. The number of hydrogen-bond donors (Lipinski definition) is 0. The van der Waals surface area contributed by atoms with E-state index in [0.29, 0.717) is 12.8 Å². The monoisotopic (exact) mass is 356 g/mol. The van der Waals surface area contributed by atoms with Crippen molar-refractivity contribution < 1.29 is 35.1 Å². The summed E-state index contributed by atoms with van der Waals surface area (Å²) in [5.41, 5.74) is -6.78. The molecule has 0 saturated heterocycles. The maximum absolute atomic E-state index is 13.8. The zero-order valence-corrected chi connectivity index (χ0v) is 13.6. The lowest BCUT2D eigenvalue weighted by molar-refractivity contribution is -0.346. The lowest BCUT2D eigenvalue weighted by Crippen LogP contribution is -2.54. The number of rotatable bonds is 9. The molecule has 0 spiro atoms. The van der Waals surface area contributed by atoms with Gasteiger partial charge in [-0.1, -0.05) is 39.0 Å². The zero-order chi connectivity index (χ0) is 18.5. The van der Waals surface area contributed by atoms with Gasteiger partial charge in [0.2, 0.25) is 0 Å². The van der Waals surface area contributed by atoms with Crippen LogP contribution >= 0.6 is 0 Å². The molecule has 0 nitrogen and oxygen atoms in total. The van der Waals surface area contributed by atoms with Crippen LogP contribution in [0.25, 0.3) is 0 Å². The maximum atomic E-state index is 13.8. The summed E-state index contributed by atoms with van der Waals surface area (Å²) < 4.78 is 103. The van der Waals surface area contributed by atoms with Crippen molar-refractivity contribution in [2.75, 3.05) is 0 Å². The van der Waals surface area contributed by atoms with Crippen molar-refractivity contribution in [1.29, 1.82) is 0 Å². The topological polar surface area (TPSA) is 0 Å². The van der Waals surface area contributed by atoms with Gasteiger partial charge in [-0.25, -0.2) is 8.78 Å². The highest BCUT2D eigenvalue weighted by molar-refractivity contribution is 4.96. The van der Waals surface area contributed by atoms with Gasteiger partial charge in [-0.15, -0.1) is 0 Å². The fourth-order valence-electron chi connectivity index (χ4n) is 2.44. The normalized spacial score (nSPS) is 15.8. The molecule has 0 radical (unpaired) electrons. The summed E-state index contributed by atoms with van der Waals surface area (Å²) in [6, 6.07) is 0. The van der Waals surface area contributed by atoms with E-state index in [4.69, 9.17) is 0 Å². The zero-order valence-electron chi connectivity index (χ0n) is 13.6. The number of alkyl halides is 8. The second-order valence-electron chi connectivity index (χ2n) is 6.62. The van der Waals surface area contributed by atoms with Crippen LogP contribution in [0, 0.1) is 5.92 Å². The van der Waals surface area contributed by atoms with Crippen LogP contribution in [0.3, 0.4) is 0 Å². The largest absolute Gasteiger partial charge is 0.431 e. The SMILES string of the molecule is CCCCC(CCCC(C)(C)F)CC(F)(C(F)(F)F)C(F)(F)F. The van der Waals surface area contributed by atoms with Crippen LogP contribution in [0.2, 0.25) is 0 Å². The minimum Gasteiger partial charge on any atom is -0.245 e. The molecule has 0 rings (SSSR count). The van der Waals surface area contributed by atoms with Crippen molar-refractivity contribution >= 4 is 0 Å². The first-order chi connectivity index (χ1) is 10.1. The van der Waals surface area contributed by atoms with Gasteiger partial charge in [0.15, 0.2) is 0 Å². The highest BCUT2D eigenvalue weighted by Gasteiger charge is 2.72. The van der Waals surface area contributed by atoms with Crippen LogP contribution in [0.5, 0.6) is 0 Å². The first kappa shape index (κ1) is 22.4. The predicted octanol–water partition coefficient (Wildman–Crippen LogP) is 6.93. The Morgan fingerprint density at radius 2 is 1.17 bits per heavy atom. The summed E-state index contributed by atoms with van der Waals surface area (Å²) in [4.78, 5) is 0. The maximum Gasteiger partial charge on any atom is 0.431 e. The Kier molecular flexibility index (Phi) is 7.82. The van der Waals surface area contributed by atoms with Crippen molar-refractivity contribution in [2.24, 2.45) is 5.92 Å². The third-order valence-electron chi connectivity index (χ3n) is 3.82. The average molecular weight is 356 g/mol. The second kappa shape index (κ2) is 8.01. The smallest absolute Gasteiger partial charge is 0.245 e. The van der Waals surface area contributed by atoms with Crippen LogP contribution in [-0.4, -0.2) is 23.7 Å². The highest BCUT2D eigenvalue weighted by Crippen LogP contribution is 2.50. The predicted molar refractivity (Wildman–Crippen MR) is 72.6 cm³/mol. The van der Waals surface area contributed by atoms with E-state index in [1.165, 1.54) is 13.8 Å². The highest BCUT2D eigenvalue weighted by atomic mass is 19.4. The fraction of sp³-hybridized carbons (Fsp3) is 1.00. The van der Waals surface area contributed by atoms with E-state index in [1.807, 2.05) is 0 Å². The van der Waals surface area contributed by atoms with E-state index >= 15 is 0 Å². The van der Waals surface area contributed by atoms with Gasteiger partial charge in [0.25, 0.3) is 5.67 Å². The van der Waals surface area contributed by atoms with Crippen molar-refractivity contribution in [1.82, 2.24) is 0 Å². The molecule has 140 valence electrons. The molecule has 0 aliphatic carbocycles. The van der Waals surface area contributed by atoms with Gasteiger partial charge in [0, 0.05) is 6.42 Å². The van der Waals surface area contributed by atoms with Gasteiger partial charge in [-0.2, -0.15) is 26.3 Å². The molecule has 1 atom stereocenters. The Bertz CT molecular complexity index is 323. The standard InChI is InChI=1S/C15H24F8/c1-4-5-7-11(8-6-9-12(2,3)16)10-13(17,14(18,19)20)15(21,22)23/h11H,4-10H2,1-3H3. The quantitative estimate of drug-likeness (QED) is 0.393.